The first kappa shape index (κ1) is 25.0. The minimum absolute atomic E-state index is 0.0547. The van der Waals surface area contributed by atoms with Crippen LogP contribution in [0.4, 0.5) is 13.2 Å². The van der Waals surface area contributed by atoms with Crippen molar-refractivity contribution in [1.82, 2.24) is 20.6 Å². The highest BCUT2D eigenvalue weighted by atomic mass is 19.4. The Morgan fingerprint density at radius 2 is 1.81 bits per heavy atom. The summed E-state index contributed by atoms with van der Waals surface area (Å²) >= 11 is 0. The molecule has 1 aromatic carbocycles. The summed E-state index contributed by atoms with van der Waals surface area (Å²) < 4.78 is 50.4. The Morgan fingerprint density at radius 1 is 1.06 bits per heavy atom. The molecule has 2 amide bonds. The van der Waals surface area contributed by atoms with Crippen molar-refractivity contribution in [2.75, 3.05) is 7.11 Å². The van der Waals surface area contributed by atoms with Crippen LogP contribution in [0.15, 0.2) is 55.0 Å². The zero-order chi connectivity index (χ0) is 25.9. The van der Waals surface area contributed by atoms with E-state index in [-0.39, 0.29) is 35.6 Å². The molecule has 8 nitrogen and oxygen atoms in total. The first-order chi connectivity index (χ1) is 17.1. The second-order valence-corrected chi connectivity index (χ2v) is 8.42. The number of amides is 2. The van der Waals surface area contributed by atoms with E-state index < -0.39 is 17.3 Å². The van der Waals surface area contributed by atoms with E-state index in [1.807, 2.05) is 6.92 Å². The Balaban J connectivity index is 1.36. The number of nitrogens with one attached hydrogen (secondary N) is 2. The third kappa shape index (κ3) is 5.73. The SMILES string of the molecule is COc1ccc(Oc2ccc(CNC(=O)C3(NC(=O)c4cncc(C)c4)CC3)nc2)c(C(F)(F)F)c1. The molecule has 0 atom stereocenters. The van der Waals surface area contributed by atoms with Gasteiger partial charge in [-0.15, -0.1) is 0 Å². The average molecular weight is 500 g/mol. The minimum Gasteiger partial charge on any atom is -0.497 e. The Hall–Kier alpha value is -4.15. The van der Waals surface area contributed by atoms with Crippen molar-refractivity contribution in [3.8, 4) is 17.2 Å². The maximum Gasteiger partial charge on any atom is 0.420 e. The lowest BCUT2D eigenvalue weighted by molar-refractivity contribution is -0.138. The number of pyridine rings is 2. The van der Waals surface area contributed by atoms with Gasteiger partial charge in [-0.3, -0.25) is 19.6 Å². The Morgan fingerprint density at radius 3 is 2.42 bits per heavy atom. The summed E-state index contributed by atoms with van der Waals surface area (Å²) in [5.74, 6) is -0.958. The van der Waals surface area contributed by atoms with Crippen molar-refractivity contribution in [3.63, 3.8) is 0 Å². The van der Waals surface area contributed by atoms with Gasteiger partial charge in [0.2, 0.25) is 5.91 Å². The van der Waals surface area contributed by atoms with Crippen molar-refractivity contribution < 1.29 is 32.2 Å². The third-order valence-electron chi connectivity index (χ3n) is 5.62. The molecule has 3 aromatic rings. The number of nitrogens with zero attached hydrogens (tertiary/aromatic N) is 2. The second kappa shape index (κ2) is 9.84. The lowest BCUT2D eigenvalue weighted by Gasteiger charge is -2.17. The molecule has 4 rings (SSSR count). The number of rotatable bonds is 8. The van der Waals surface area contributed by atoms with E-state index in [1.165, 1.54) is 43.8 Å². The number of benzene rings is 1. The summed E-state index contributed by atoms with van der Waals surface area (Å²) in [5.41, 5.74) is -0.288. The molecule has 1 aliphatic carbocycles. The summed E-state index contributed by atoms with van der Waals surface area (Å²) in [4.78, 5) is 33.4. The Bertz CT molecular complexity index is 1280. The van der Waals surface area contributed by atoms with Crippen molar-refractivity contribution in [2.45, 2.75) is 38.0 Å². The number of methoxy groups -OCH3 is 1. The smallest absolute Gasteiger partial charge is 0.420 e. The summed E-state index contributed by atoms with van der Waals surface area (Å²) in [6, 6.07) is 8.07. The summed E-state index contributed by atoms with van der Waals surface area (Å²) in [5, 5.41) is 5.52. The highest BCUT2D eigenvalue weighted by Gasteiger charge is 2.51. The molecule has 0 spiro atoms. The van der Waals surface area contributed by atoms with Gasteiger partial charge in [0.05, 0.1) is 31.1 Å². The fourth-order valence-electron chi connectivity index (χ4n) is 3.49. The Labute approximate surface area is 204 Å². The van der Waals surface area contributed by atoms with E-state index in [0.717, 1.165) is 11.6 Å². The molecule has 188 valence electrons. The minimum atomic E-state index is -4.63. The predicted molar refractivity (Wildman–Crippen MR) is 123 cm³/mol. The van der Waals surface area contributed by atoms with Crippen LogP contribution < -0.4 is 20.1 Å². The van der Waals surface area contributed by atoms with E-state index in [1.54, 1.807) is 12.3 Å². The largest absolute Gasteiger partial charge is 0.497 e. The van der Waals surface area contributed by atoms with E-state index >= 15 is 0 Å². The van der Waals surface area contributed by atoms with Gasteiger partial charge in [-0.1, -0.05) is 0 Å². The van der Waals surface area contributed by atoms with Gasteiger partial charge < -0.3 is 20.1 Å². The molecular weight excluding hydrogens is 477 g/mol. The Kier molecular flexibility index (Phi) is 6.82. The predicted octanol–water partition coefficient (Wildman–Crippen LogP) is 4.18. The lowest BCUT2D eigenvalue weighted by Crippen LogP contribution is -2.48. The number of halogens is 3. The van der Waals surface area contributed by atoms with Crippen LogP contribution in [-0.4, -0.2) is 34.4 Å². The molecule has 2 heterocycles. The van der Waals surface area contributed by atoms with Crippen LogP contribution >= 0.6 is 0 Å². The number of carbonyl (C=O) groups is 2. The molecule has 1 saturated carbocycles. The van der Waals surface area contributed by atoms with Crippen molar-refractivity contribution in [3.05, 3.63) is 77.4 Å². The number of ether oxygens (including phenoxy) is 2. The molecule has 0 saturated heterocycles. The van der Waals surface area contributed by atoms with Gasteiger partial charge in [-0.05, 0) is 61.7 Å². The molecule has 0 bridgehead atoms. The standard InChI is InChI=1S/C25H23F3N4O4/c1-15-9-16(12-29-11-15)22(33)32-24(7-8-24)23(34)31-13-17-3-4-19(14-30-17)36-21-6-5-18(35-2)10-20(21)25(26,27)28/h3-6,9-12,14H,7-8,13H2,1-2H3,(H,31,34)(H,32,33). The third-order valence-corrected chi connectivity index (χ3v) is 5.62. The number of alkyl halides is 3. The topological polar surface area (TPSA) is 102 Å². The van der Waals surface area contributed by atoms with Crippen molar-refractivity contribution in [1.29, 1.82) is 0 Å². The first-order valence-electron chi connectivity index (χ1n) is 11.0. The van der Waals surface area contributed by atoms with E-state index in [9.17, 15) is 22.8 Å². The zero-order valence-corrected chi connectivity index (χ0v) is 19.5. The van der Waals surface area contributed by atoms with Crippen LogP contribution in [0.2, 0.25) is 0 Å². The molecular formula is C25H23F3N4O4. The van der Waals surface area contributed by atoms with Gasteiger partial charge in [0.1, 0.15) is 28.4 Å². The molecule has 0 unspecified atom stereocenters. The maximum atomic E-state index is 13.4. The molecule has 1 fully saturated rings. The molecule has 11 heteroatoms. The summed E-state index contributed by atoms with van der Waals surface area (Å²) in [7, 11) is 1.28. The number of aromatic nitrogens is 2. The van der Waals surface area contributed by atoms with Crippen LogP contribution in [0, 0.1) is 6.92 Å². The molecule has 2 aromatic heterocycles. The number of hydrogen-bond donors (Lipinski definition) is 2. The molecule has 1 aliphatic rings. The quantitative estimate of drug-likeness (QED) is 0.481. The van der Waals surface area contributed by atoms with Crippen LogP contribution in [0.5, 0.6) is 17.2 Å². The van der Waals surface area contributed by atoms with Gasteiger partial charge in [-0.2, -0.15) is 13.2 Å². The van der Waals surface area contributed by atoms with Crippen LogP contribution in [0.25, 0.3) is 0 Å². The number of aryl methyl sites for hydroxylation is 1. The zero-order valence-electron chi connectivity index (χ0n) is 19.5. The van der Waals surface area contributed by atoms with Crippen molar-refractivity contribution >= 4 is 11.8 Å². The van der Waals surface area contributed by atoms with E-state index in [2.05, 4.69) is 20.6 Å². The fourth-order valence-corrected chi connectivity index (χ4v) is 3.49. The molecule has 0 aliphatic heterocycles. The monoisotopic (exact) mass is 500 g/mol. The first-order valence-corrected chi connectivity index (χ1v) is 11.0. The van der Waals surface area contributed by atoms with Gasteiger partial charge in [0.25, 0.3) is 5.91 Å². The number of hydrogen-bond acceptors (Lipinski definition) is 6. The lowest BCUT2D eigenvalue weighted by atomic mass is 10.1. The highest BCUT2D eigenvalue weighted by Crippen LogP contribution is 2.40. The molecule has 36 heavy (non-hydrogen) atoms. The summed E-state index contributed by atoms with van der Waals surface area (Å²) in [6.45, 7) is 1.89. The average Bonchev–Trinajstić information content (AvgIpc) is 3.63. The maximum absolute atomic E-state index is 13.4. The second-order valence-electron chi connectivity index (χ2n) is 8.42. The van der Waals surface area contributed by atoms with Gasteiger partial charge in [0.15, 0.2) is 0 Å². The fraction of sp³-hybridized carbons (Fsp3) is 0.280. The normalized spacial score (nSPS) is 14.0. The van der Waals surface area contributed by atoms with Crippen molar-refractivity contribution in [2.24, 2.45) is 0 Å². The van der Waals surface area contributed by atoms with E-state index in [0.29, 0.717) is 24.1 Å². The summed E-state index contributed by atoms with van der Waals surface area (Å²) in [6.07, 6.45) is 0.719. The van der Waals surface area contributed by atoms with Gasteiger partial charge in [-0.25, -0.2) is 0 Å². The van der Waals surface area contributed by atoms with Gasteiger partial charge >= 0.3 is 6.18 Å². The number of carbonyl (C=O) groups excluding carboxylic acids is 2. The van der Waals surface area contributed by atoms with Crippen LogP contribution in [0.1, 0.15) is 40.0 Å². The molecule has 2 N–H and O–H groups in total. The van der Waals surface area contributed by atoms with Crippen LogP contribution in [-0.2, 0) is 17.5 Å². The molecule has 0 radical (unpaired) electrons. The van der Waals surface area contributed by atoms with Gasteiger partial charge in [0, 0.05) is 12.4 Å². The van der Waals surface area contributed by atoms with Crippen LogP contribution in [0.3, 0.4) is 0 Å². The van der Waals surface area contributed by atoms with E-state index in [4.69, 9.17) is 9.47 Å². The highest BCUT2D eigenvalue weighted by molar-refractivity contribution is 6.00.